The minimum Gasteiger partial charge on any atom is -0.482 e. The molecular weight excluding hydrogens is 434 g/mol. The van der Waals surface area contributed by atoms with Crippen molar-refractivity contribution < 1.29 is 17.9 Å². The lowest BCUT2D eigenvalue weighted by atomic mass is 10.2. The number of thiazole rings is 1. The van der Waals surface area contributed by atoms with Gasteiger partial charge in [0.25, 0.3) is 5.91 Å². The van der Waals surface area contributed by atoms with Gasteiger partial charge in [0.05, 0.1) is 16.2 Å². The molecule has 3 rings (SSSR count). The zero-order chi connectivity index (χ0) is 22.4. The predicted octanol–water partition coefficient (Wildman–Crippen LogP) is 3.68. The highest BCUT2D eigenvalue weighted by molar-refractivity contribution is 7.90. The quantitative estimate of drug-likeness (QED) is 0.482. The topological polar surface area (TPSA) is 100 Å². The molecule has 0 N–H and O–H groups in total. The number of nitrogens with zero attached hydrogens (tertiary/aromatic N) is 3. The van der Waals surface area contributed by atoms with Crippen LogP contribution in [0.5, 0.6) is 5.75 Å². The molecule has 0 bridgehead atoms. The highest BCUT2D eigenvalue weighted by Crippen LogP contribution is 2.28. The van der Waals surface area contributed by atoms with Crippen LogP contribution >= 0.6 is 11.3 Å². The van der Waals surface area contributed by atoms with Gasteiger partial charge in [0.15, 0.2) is 21.6 Å². The third-order valence-electron chi connectivity index (χ3n) is 4.27. The molecule has 1 aromatic heterocycles. The highest BCUT2D eigenvalue weighted by Gasteiger charge is 2.20. The van der Waals surface area contributed by atoms with Gasteiger partial charge in [0.1, 0.15) is 11.8 Å². The van der Waals surface area contributed by atoms with Gasteiger partial charge in [-0.3, -0.25) is 9.69 Å². The van der Waals surface area contributed by atoms with E-state index in [0.29, 0.717) is 22.1 Å². The van der Waals surface area contributed by atoms with Gasteiger partial charge in [-0.2, -0.15) is 5.26 Å². The van der Waals surface area contributed by atoms with E-state index in [1.165, 1.54) is 28.4 Å². The average molecular weight is 454 g/mol. The first kappa shape index (κ1) is 22.2. The molecule has 0 aliphatic heterocycles. The minimum absolute atomic E-state index is 0.227. The Hall–Kier alpha value is -3.48. The van der Waals surface area contributed by atoms with E-state index in [4.69, 9.17) is 10.00 Å². The Morgan fingerprint density at radius 2 is 1.97 bits per heavy atom. The largest absolute Gasteiger partial charge is 0.482 e. The zero-order valence-corrected chi connectivity index (χ0v) is 18.3. The van der Waals surface area contributed by atoms with Crippen molar-refractivity contribution in [1.29, 1.82) is 5.26 Å². The number of ether oxygens (including phenoxy) is 1. The van der Waals surface area contributed by atoms with Crippen LogP contribution in [0.3, 0.4) is 0 Å². The summed E-state index contributed by atoms with van der Waals surface area (Å²) < 4.78 is 28.8. The number of benzene rings is 2. The summed E-state index contributed by atoms with van der Waals surface area (Å²) in [5.41, 5.74) is 1.71. The average Bonchev–Trinajstić information content (AvgIpc) is 3.25. The molecule has 0 fully saturated rings. The summed E-state index contributed by atoms with van der Waals surface area (Å²) in [5, 5.41) is 11.4. The summed E-state index contributed by atoms with van der Waals surface area (Å²) in [6, 6.07) is 15.1. The summed E-state index contributed by atoms with van der Waals surface area (Å²) in [6.45, 7) is 3.67. The number of aromatic nitrogens is 1. The molecule has 3 aromatic rings. The fourth-order valence-electron chi connectivity index (χ4n) is 2.71. The van der Waals surface area contributed by atoms with Gasteiger partial charge in [-0.15, -0.1) is 17.9 Å². The Balaban J connectivity index is 1.77. The van der Waals surface area contributed by atoms with E-state index in [9.17, 15) is 13.2 Å². The molecule has 0 aliphatic rings. The van der Waals surface area contributed by atoms with E-state index >= 15 is 0 Å². The van der Waals surface area contributed by atoms with Gasteiger partial charge in [-0.25, -0.2) is 13.4 Å². The maximum Gasteiger partial charge on any atom is 0.266 e. The van der Waals surface area contributed by atoms with Crippen LogP contribution < -0.4 is 9.64 Å². The number of carbonyl (C=O) groups excluding carboxylic acids is 1. The second-order valence-electron chi connectivity index (χ2n) is 6.50. The number of hydrogen-bond acceptors (Lipinski definition) is 7. The van der Waals surface area contributed by atoms with Crippen molar-refractivity contribution in [3.05, 3.63) is 72.1 Å². The second-order valence-corrected chi connectivity index (χ2v) is 9.35. The summed E-state index contributed by atoms with van der Waals surface area (Å²) >= 11 is 1.28. The highest BCUT2D eigenvalue weighted by atomic mass is 32.2. The van der Waals surface area contributed by atoms with Gasteiger partial charge in [0, 0.05) is 23.7 Å². The van der Waals surface area contributed by atoms with Crippen LogP contribution in [0.1, 0.15) is 5.56 Å². The second kappa shape index (κ2) is 9.55. The molecule has 0 saturated carbocycles. The molecule has 0 atom stereocenters. The molecule has 7 nitrogen and oxygen atoms in total. The third-order valence-corrected chi connectivity index (χ3v) is 6.26. The van der Waals surface area contributed by atoms with Crippen LogP contribution in [0.2, 0.25) is 0 Å². The summed E-state index contributed by atoms with van der Waals surface area (Å²) in [7, 11) is -3.28. The Kier molecular flexibility index (Phi) is 6.84. The number of nitriles is 1. The van der Waals surface area contributed by atoms with Crippen molar-refractivity contribution in [2.75, 3.05) is 24.3 Å². The first-order valence-electron chi connectivity index (χ1n) is 9.12. The fourth-order valence-corrected chi connectivity index (χ4v) is 4.20. The van der Waals surface area contributed by atoms with Crippen molar-refractivity contribution in [3.63, 3.8) is 0 Å². The summed E-state index contributed by atoms with van der Waals surface area (Å²) in [6.07, 6.45) is 2.74. The Morgan fingerprint density at radius 3 is 2.61 bits per heavy atom. The van der Waals surface area contributed by atoms with Crippen LogP contribution in [-0.2, 0) is 14.6 Å². The SMILES string of the molecule is C=CCN(C(=O)COc1ccccc1C#N)c1nc(-c2ccc(S(C)(=O)=O)cc2)cs1. The molecule has 2 aromatic carbocycles. The fraction of sp³-hybridized carbons (Fsp3) is 0.136. The van der Waals surface area contributed by atoms with Crippen LogP contribution in [0.15, 0.2) is 71.5 Å². The number of hydrogen-bond donors (Lipinski definition) is 0. The third kappa shape index (κ3) is 5.36. The number of carbonyl (C=O) groups is 1. The van der Waals surface area contributed by atoms with E-state index in [1.807, 2.05) is 6.07 Å². The molecule has 0 saturated heterocycles. The molecule has 0 aliphatic carbocycles. The van der Waals surface area contributed by atoms with E-state index in [0.717, 1.165) is 11.8 Å². The standard InChI is InChI=1S/C22H19N3O4S2/c1-3-12-25(21(26)14-29-20-7-5-4-6-17(20)13-23)22-24-19(15-30-22)16-8-10-18(11-9-16)31(2,27)28/h3-11,15H,1,12,14H2,2H3. The minimum atomic E-state index is -3.28. The number of para-hydroxylation sites is 1. The van der Waals surface area contributed by atoms with Gasteiger partial charge in [0.2, 0.25) is 0 Å². The van der Waals surface area contributed by atoms with Crippen molar-refractivity contribution in [3.8, 4) is 23.1 Å². The van der Waals surface area contributed by atoms with Gasteiger partial charge < -0.3 is 4.74 Å². The number of anilines is 1. The van der Waals surface area contributed by atoms with E-state index in [2.05, 4.69) is 11.6 Å². The van der Waals surface area contributed by atoms with E-state index < -0.39 is 9.84 Å². The van der Waals surface area contributed by atoms with Crippen molar-refractivity contribution >= 4 is 32.2 Å². The van der Waals surface area contributed by atoms with Crippen LogP contribution in [0, 0.1) is 11.3 Å². The lowest BCUT2D eigenvalue weighted by Gasteiger charge is -2.18. The molecule has 31 heavy (non-hydrogen) atoms. The van der Waals surface area contributed by atoms with Crippen molar-refractivity contribution in [2.24, 2.45) is 0 Å². The number of sulfone groups is 1. The number of amides is 1. The van der Waals surface area contributed by atoms with Gasteiger partial charge >= 0.3 is 0 Å². The summed E-state index contributed by atoms with van der Waals surface area (Å²) in [4.78, 5) is 19.0. The maximum atomic E-state index is 12.8. The smallest absolute Gasteiger partial charge is 0.266 e. The molecule has 9 heteroatoms. The molecular formula is C22H19N3O4S2. The van der Waals surface area contributed by atoms with Crippen LogP contribution in [0.4, 0.5) is 5.13 Å². The van der Waals surface area contributed by atoms with Gasteiger partial charge in [-0.1, -0.05) is 30.3 Å². The summed E-state index contributed by atoms with van der Waals surface area (Å²) in [5.74, 6) is 0.00339. The first-order chi connectivity index (χ1) is 14.8. The lowest BCUT2D eigenvalue weighted by Crippen LogP contribution is -2.35. The molecule has 0 spiro atoms. The van der Waals surface area contributed by atoms with Crippen LogP contribution in [0.25, 0.3) is 11.3 Å². The predicted molar refractivity (Wildman–Crippen MR) is 120 cm³/mol. The Bertz CT molecular complexity index is 1240. The van der Waals surface area contributed by atoms with Gasteiger partial charge in [-0.05, 0) is 24.3 Å². The van der Waals surface area contributed by atoms with Crippen LogP contribution in [-0.4, -0.2) is 38.7 Å². The molecule has 1 amide bonds. The number of rotatable bonds is 8. The first-order valence-corrected chi connectivity index (χ1v) is 11.9. The van der Waals surface area contributed by atoms with E-state index in [-0.39, 0.29) is 24.0 Å². The maximum absolute atomic E-state index is 12.8. The normalized spacial score (nSPS) is 10.8. The molecule has 158 valence electrons. The molecule has 0 radical (unpaired) electrons. The lowest BCUT2D eigenvalue weighted by molar-refractivity contribution is -0.120. The zero-order valence-electron chi connectivity index (χ0n) is 16.7. The van der Waals surface area contributed by atoms with E-state index in [1.54, 1.807) is 47.9 Å². The molecule has 1 heterocycles. The molecule has 0 unspecified atom stereocenters. The van der Waals surface area contributed by atoms with Crippen molar-refractivity contribution in [1.82, 2.24) is 4.98 Å². The monoisotopic (exact) mass is 453 g/mol. The van der Waals surface area contributed by atoms with Crippen molar-refractivity contribution in [2.45, 2.75) is 4.90 Å². The Labute approximate surface area is 184 Å². The Morgan fingerprint density at radius 1 is 1.26 bits per heavy atom.